The van der Waals surface area contributed by atoms with Crippen molar-refractivity contribution in [2.75, 3.05) is 25.0 Å². The fourth-order valence-corrected chi connectivity index (χ4v) is 3.12. The first-order valence-electron chi connectivity index (χ1n) is 9.02. The largest absolute Gasteiger partial charge is 0.573 e. The number of guanidine groups is 1. The normalized spacial score (nSPS) is 16.8. The summed E-state index contributed by atoms with van der Waals surface area (Å²) in [6.07, 6.45) is -2.48. The molecule has 0 spiro atoms. The number of aromatic nitrogens is 1. The summed E-state index contributed by atoms with van der Waals surface area (Å²) in [6, 6.07) is 8.80. The van der Waals surface area contributed by atoms with Crippen molar-refractivity contribution in [3.05, 3.63) is 54.0 Å². The lowest BCUT2D eigenvalue weighted by Gasteiger charge is -2.20. The Labute approximate surface area is 188 Å². The van der Waals surface area contributed by atoms with Crippen LogP contribution in [-0.4, -0.2) is 43.5 Å². The highest BCUT2D eigenvalue weighted by atomic mass is 127. The predicted octanol–water partition coefficient (Wildman–Crippen LogP) is 3.68. The SMILES string of the molecule is CN=C(NCc1ccccc1OC(F)(F)F)NC1CCN(c2ncccc2F)C1.I. The fraction of sp³-hybridized carbons (Fsp3) is 0.368. The Morgan fingerprint density at radius 2 is 2.03 bits per heavy atom. The number of alkyl halides is 3. The lowest BCUT2D eigenvalue weighted by molar-refractivity contribution is -0.274. The number of halogens is 5. The molecule has 6 nitrogen and oxygen atoms in total. The second-order valence-electron chi connectivity index (χ2n) is 6.47. The highest BCUT2D eigenvalue weighted by molar-refractivity contribution is 14.0. The summed E-state index contributed by atoms with van der Waals surface area (Å²) in [7, 11) is 1.57. The number of nitrogens with one attached hydrogen (secondary N) is 2. The Bertz CT molecular complexity index is 865. The van der Waals surface area contributed by atoms with Crippen LogP contribution in [0.1, 0.15) is 12.0 Å². The van der Waals surface area contributed by atoms with Crippen LogP contribution < -0.4 is 20.3 Å². The number of benzene rings is 1. The van der Waals surface area contributed by atoms with Crippen LogP contribution in [0.2, 0.25) is 0 Å². The average molecular weight is 539 g/mol. The van der Waals surface area contributed by atoms with E-state index in [1.54, 1.807) is 25.4 Å². The van der Waals surface area contributed by atoms with E-state index < -0.39 is 6.36 Å². The third kappa shape index (κ3) is 6.61. The first-order chi connectivity index (χ1) is 13.9. The number of ether oxygens (including phenoxy) is 1. The van der Waals surface area contributed by atoms with Crippen LogP contribution in [-0.2, 0) is 6.54 Å². The van der Waals surface area contributed by atoms with Crippen molar-refractivity contribution in [2.24, 2.45) is 4.99 Å². The molecule has 2 heterocycles. The molecule has 0 amide bonds. The molecule has 1 aliphatic rings. The summed E-state index contributed by atoms with van der Waals surface area (Å²) < 4.78 is 55.6. The number of pyridine rings is 1. The molecule has 2 N–H and O–H groups in total. The first-order valence-corrected chi connectivity index (χ1v) is 9.02. The van der Waals surface area contributed by atoms with E-state index in [-0.39, 0.29) is 48.1 Å². The van der Waals surface area contributed by atoms with Crippen LogP contribution >= 0.6 is 24.0 Å². The molecular weight excluding hydrogens is 517 g/mol. The van der Waals surface area contributed by atoms with Gasteiger partial charge in [-0.2, -0.15) is 0 Å². The Kier molecular flexibility index (Phi) is 8.50. The van der Waals surface area contributed by atoms with E-state index in [1.807, 2.05) is 4.90 Å². The zero-order valence-corrected chi connectivity index (χ0v) is 18.4. The number of aliphatic imine (C=N–C) groups is 1. The van der Waals surface area contributed by atoms with Gasteiger partial charge in [-0.1, -0.05) is 18.2 Å². The third-order valence-corrected chi connectivity index (χ3v) is 4.44. The summed E-state index contributed by atoms with van der Waals surface area (Å²) in [5.41, 5.74) is 0.344. The molecule has 1 saturated heterocycles. The number of anilines is 1. The van der Waals surface area contributed by atoms with Crippen molar-refractivity contribution < 1.29 is 22.3 Å². The van der Waals surface area contributed by atoms with E-state index >= 15 is 0 Å². The van der Waals surface area contributed by atoms with Gasteiger partial charge in [-0.15, -0.1) is 37.1 Å². The van der Waals surface area contributed by atoms with Gasteiger partial charge >= 0.3 is 6.36 Å². The Balaban J connectivity index is 0.00000320. The summed E-state index contributed by atoms with van der Waals surface area (Å²) in [5.74, 6) is 0.0932. The molecule has 0 radical (unpaired) electrons. The van der Waals surface area contributed by atoms with Gasteiger partial charge in [0.15, 0.2) is 17.6 Å². The van der Waals surface area contributed by atoms with Crippen LogP contribution in [0, 0.1) is 5.82 Å². The molecule has 3 rings (SSSR count). The van der Waals surface area contributed by atoms with Crippen LogP contribution in [0.25, 0.3) is 0 Å². The van der Waals surface area contributed by atoms with Gasteiger partial charge in [-0.3, -0.25) is 4.99 Å². The van der Waals surface area contributed by atoms with Gasteiger partial charge in [0.2, 0.25) is 0 Å². The minimum Gasteiger partial charge on any atom is -0.405 e. The molecule has 1 aliphatic heterocycles. The van der Waals surface area contributed by atoms with Gasteiger partial charge in [-0.25, -0.2) is 9.37 Å². The highest BCUT2D eigenvalue weighted by Gasteiger charge is 2.32. The molecule has 0 bridgehead atoms. The summed E-state index contributed by atoms with van der Waals surface area (Å²) in [5, 5.41) is 6.19. The van der Waals surface area contributed by atoms with Crippen LogP contribution in [0.3, 0.4) is 0 Å². The van der Waals surface area contributed by atoms with E-state index in [4.69, 9.17) is 0 Å². The standard InChI is InChI=1S/C19H21F4N5O.HI/c1-24-18(26-11-13-5-2-3-7-16(13)29-19(21,22)23)27-14-8-10-28(12-14)17-15(20)6-4-9-25-17;/h2-7,9,14H,8,10-12H2,1H3,(H2,24,26,27);1H. The smallest absolute Gasteiger partial charge is 0.405 e. The van der Waals surface area contributed by atoms with Gasteiger partial charge in [0, 0.05) is 44.5 Å². The van der Waals surface area contributed by atoms with Gasteiger partial charge in [0.25, 0.3) is 0 Å². The average Bonchev–Trinajstić information content (AvgIpc) is 3.13. The summed E-state index contributed by atoms with van der Waals surface area (Å²) in [4.78, 5) is 10.0. The molecule has 11 heteroatoms. The molecule has 0 aliphatic carbocycles. The first kappa shape index (κ1) is 24.0. The second-order valence-corrected chi connectivity index (χ2v) is 6.47. The van der Waals surface area contributed by atoms with Gasteiger partial charge in [0.1, 0.15) is 5.75 Å². The third-order valence-electron chi connectivity index (χ3n) is 4.44. The number of para-hydroxylation sites is 1. The molecule has 1 aromatic carbocycles. The highest BCUT2D eigenvalue weighted by Crippen LogP contribution is 2.26. The molecular formula is C19H22F4IN5O. The topological polar surface area (TPSA) is 61.8 Å². The number of rotatable bonds is 5. The van der Waals surface area contributed by atoms with Crippen molar-refractivity contribution in [3.8, 4) is 5.75 Å². The van der Waals surface area contributed by atoms with Crippen molar-refractivity contribution in [1.29, 1.82) is 0 Å². The Hall–Kier alpha value is -2.31. The zero-order valence-electron chi connectivity index (χ0n) is 16.1. The number of nitrogens with zero attached hydrogens (tertiary/aromatic N) is 3. The Morgan fingerprint density at radius 3 is 2.73 bits per heavy atom. The van der Waals surface area contributed by atoms with Gasteiger partial charge in [0.05, 0.1) is 0 Å². The summed E-state index contributed by atoms with van der Waals surface area (Å²) in [6.45, 7) is 1.25. The van der Waals surface area contributed by atoms with Crippen molar-refractivity contribution in [1.82, 2.24) is 15.6 Å². The molecule has 2 aromatic rings. The van der Waals surface area contributed by atoms with E-state index in [9.17, 15) is 17.6 Å². The maximum Gasteiger partial charge on any atom is 0.573 e. The molecule has 1 aromatic heterocycles. The van der Waals surface area contributed by atoms with Crippen LogP contribution in [0.5, 0.6) is 5.75 Å². The van der Waals surface area contributed by atoms with Gasteiger partial charge < -0.3 is 20.3 Å². The van der Waals surface area contributed by atoms with Crippen molar-refractivity contribution in [3.63, 3.8) is 0 Å². The maximum atomic E-state index is 13.9. The van der Waals surface area contributed by atoms with Crippen LogP contribution in [0.4, 0.5) is 23.4 Å². The second kappa shape index (κ2) is 10.6. The molecule has 30 heavy (non-hydrogen) atoms. The lowest BCUT2D eigenvalue weighted by atomic mass is 10.2. The molecule has 0 saturated carbocycles. The van der Waals surface area contributed by atoms with E-state index in [0.29, 0.717) is 30.4 Å². The fourth-order valence-electron chi connectivity index (χ4n) is 3.12. The Morgan fingerprint density at radius 1 is 1.27 bits per heavy atom. The zero-order chi connectivity index (χ0) is 20.9. The molecule has 1 fully saturated rings. The van der Waals surface area contributed by atoms with E-state index in [2.05, 4.69) is 25.3 Å². The lowest BCUT2D eigenvalue weighted by Crippen LogP contribution is -2.44. The number of hydrogen-bond donors (Lipinski definition) is 2. The molecule has 164 valence electrons. The monoisotopic (exact) mass is 539 g/mol. The van der Waals surface area contributed by atoms with Crippen molar-refractivity contribution >= 4 is 35.8 Å². The quantitative estimate of drug-likeness (QED) is 0.263. The van der Waals surface area contributed by atoms with E-state index in [1.165, 1.54) is 24.3 Å². The minimum absolute atomic E-state index is 0. The number of hydrogen-bond acceptors (Lipinski definition) is 4. The summed E-state index contributed by atoms with van der Waals surface area (Å²) >= 11 is 0. The minimum atomic E-state index is -4.76. The maximum absolute atomic E-state index is 13.9. The van der Waals surface area contributed by atoms with Crippen LogP contribution in [0.15, 0.2) is 47.6 Å². The van der Waals surface area contributed by atoms with Gasteiger partial charge in [-0.05, 0) is 24.6 Å². The van der Waals surface area contributed by atoms with E-state index in [0.717, 1.165) is 6.42 Å². The molecule has 1 atom stereocenters. The predicted molar refractivity (Wildman–Crippen MR) is 117 cm³/mol. The van der Waals surface area contributed by atoms with Crippen molar-refractivity contribution in [2.45, 2.75) is 25.4 Å². The molecule has 1 unspecified atom stereocenters.